The number of rotatable bonds is 7. The predicted molar refractivity (Wildman–Crippen MR) is 142 cm³/mol. The van der Waals surface area contributed by atoms with E-state index in [4.69, 9.17) is 0 Å². The maximum Gasteiger partial charge on any atom is 0.245 e. The lowest BCUT2D eigenvalue weighted by atomic mass is 9.83. The molecule has 1 aliphatic carbocycles. The van der Waals surface area contributed by atoms with Crippen molar-refractivity contribution < 1.29 is 14.0 Å². The van der Waals surface area contributed by atoms with E-state index in [1.807, 2.05) is 40.8 Å². The van der Waals surface area contributed by atoms with Gasteiger partial charge in [-0.3, -0.25) is 9.59 Å². The lowest BCUT2D eigenvalue weighted by Gasteiger charge is -2.35. The molecule has 3 heterocycles. The second-order valence-electron chi connectivity index (χ2n) is 10.4. The summed E-state index contributed by atoms with van der Waals surface area (Å²) in [5, 5.41) is 6.90. The first-order chi connectivity index (χ1) is 18.0. The Hall–Kier alpha value is -3.26. The minimum Gasteiger partial charge on any atom is -0.343 e. The monoisotopic (exact) mass is 505 g/mol. The third-order valence-electron chi connectivity index (χ3n) is 8.10. The van der Waals surface area contributed by atoms with Crippen LogP contribution in [0.4, 0.5) is 4.39 Å². The van der Waals surface area contributed by atoms with Gasteiger partial charge in [0.1, 0.15) is 17.7 Å². The molecule has 2 N–H and O–H groups in total. The normalized spacial score (nSPS) is 20.2. The summed E-state index contributed by atoms with van der Waals surface area (Å²) in [6.45, 7) is 2.49. The SMILES string of the molecule is CN[C@@H](C)C(=O)N[C@H](C(=O)N1CCC[C@H]1c1ccnc(-n2ccc3cc(F)ccc32)c1)C1CCCCC1. The van der Waals surface area contributed by atoms with E-state index in [-0.39, 0.29) is 35.6 Å². The number of likely N-dealkylation sites (N-methyl/N-ethyl adjacent to an activating group) is 1. The van der Waals surface area contributed by atoms with E-state index in [9.17, 15) is 14.0 Å². The van der Waals surface area contributed by atoms with Crippen LogP contribution < -0.4 is 10.6 Å². The van der Waals surface area contributed by atoms with E-state index in [1.54, 1.807) is 19.3 Å². The molecule has 2 aliphatic rings. The molecule has 0 spiro atoms. The van der Waals surface area contributed by atoms with Gasteiger partial charge in [0.15, 0.2) is 0 Å². The van der Waals surface area contributed by atoms with Crippen LogP contribution in [0.2, 0.25) is 0 Å². The molecular formula is C29H36FN5O2. The molecule has 196 valence electrons. The van der Waals surface area contributed by atoms with E-state index in [1.165, 1.54) is 18.6 Å². The summed E-state index contributed by atoms with van der Waals surface area (Å²) in [6, 6.07) is 9.66. The lowest BCUT2D eigenvalue weighted by Crippen LogP contribution is -2.55. The molecule has 2 aromatic heterocycles. The Bertz CT molecular complexity index is 1270. The fourth-order valence-electron chi connectivity index (χ4n) is 5.90. The van der Waals surface area contributed by atoms with Crippen LogP contribution in [0.15, 0.2) is 48.8 Å². The smallest absolute Gasteiger partial charge is 0.245 e. The van der Waals surface area contributed by atoms with Gasteiger partial charge < -0.3 is 20.1 Å². The topological polar surface area (TPSA) is 79.3 Å². The van der Waals surface area contributed by atoms with E-state index >= 15 is 0 Å². The average molecular weight is 506 g/mol. The Morgan fingerprint density at radius 1 is 1.05 bits per heavy atom. The van der Waals surface area contributed by atoms with Crippen molar-refractivity contribution >= 4 is 22.7 Å². The fraction of sp³-hybridized carbons (Fsp3) is 0.483. The number of hydrogen-bond acceptors (Lipinski definition) is 4. The first-order valence-electron chi connectivity index (χ1n) is 13.5. The molecule has 0 unspecified atom stereocenters. The minimum atomic E-state index is -0.506. The number of pyridine rings is 1. The summed E-state index contributed by atoms with van der Waals surface area (Å²) in [5.41, 5.74) is 1.90. The molecule has 3 aromatic rings. The Morgan fingerprint density at radius 3 is 2.65 bits per heavy atom. The van der Waals surface area contributed by atoms with Gasteiger partial charge in [0, 0.05) is 24.3 Å². The summed E-state index contributed by atoms with van der Waals surface area (Å²) in [4.78, 5) is 33.4. The molecule has 2 fully saturated rings. The van der Waals surface area contributed by atoms with Crippen LogP contribution in [0.3, 0.4) is 0 Å². The zero-order valence-corrected chi connectivity index (χ0v) is 21.6. The van der Waals surface area contributed by atoms with Gasteiger partial charge >= 0.3 is 0 Å². The third-order valence-corrected chi connectivity index (χ3v) is 8.10. The van der Waals surface area contributed by atoms with Gasteiger partial charge in [0.2, 0.25) is 11.8 Å². The van der Waals surface area contributed by atoms with Crippen LogP contribution in [0.25, 0.3) is 16.7 Å². The zero-order chi connectivity index (χ0) is 25.9. The van der Waals surface area contributed by atoms with Crippen LogP contribution in [-0.4, -0.2) is 51.9 Å². The Labute approximate surface area is 217 Å². The van der Waals surface area contributed by atoms with E-state index in [0.717, 1.165) is 60.8 Å². The molecular weight excluding hydrogens is 469 g/mol. The van der Waals surface area contributed by atoms with Crippen LogP contribution in [0.1, 0.15) is 63.5 Å². The predicted octanol–water partition coefficient (Wildman–Crippen LogP) is 4.50. The highest BCUT2D eigenvalue weighted by Crippen LogP contribution is 2.35. The van der Waals surface area contributed by atoms with Crippen LogP contribution in [-0.2, 0) is 9.59 Å². The van der Waals surface area contributed by atoms with Gasteiger partial charge in [0.05, 0.1) is 17.6 Å². The molecule has 0 bridgehead atoms. The maximum absolute atomic E-state index is 14.0. The molecule has 1 saturated carbocycles. The molecule has 5 rings (SSSR count). The quantitative estimate of drug-likeness (QED) is 0.496. The van der Waals surface area contributed by atoms with E-state index in [0.29, 0.717) is 6.54 Å². The molecule has 1 aliphatic heterocycles. The van der Waals surface area contributed by atoms with Crippen molar-refractivity contribution in [3.8, 4) is 5.82 Å². The third kappa shape index (κ3) is 5.25. The highest BCUT2D eigenvalue weighted by molar-refractivity contribution is 5.90. The van der Waals surface area contributed by atoms with Gasteiger partial charge in [-0.05, 0) is 87.5 Å². The Balaban J connectivity index is 1.42. The van der Waals surface area contributed by atoms with Crippen molar-refractivity contribution in [1.82, 2.24) is 25.1 Å². The molecule has 0 radical (unpaired) electrons. The fourth-order valence-corrected chi connectivity index (χ4v) is 5.90. The maximum atomic E-state index is 14.0. The average Bonchev–Trinajstić information content (AvgIpc) is 3.58. The summed E-state index contributed by atoms with van der Waals surface area (Å²) in [5.74, 6) is 0.514. The van der Waals surface area contributed by atoms with Crippen LogP contribution >= 0.6 is 0 Å². The number of likely N-dealkylation sites (tertiary alicyclic amines) is 1. The second-order valence-corrected chi connectivity index (χ2v) is 10.4. The number of fused-ring (bicyclic) bond motifs is 1. The first kappa shape index (κ1) is 25.4. The number of nitrogens with zero attached hydrogens (tertiary/aromatic N) is 3. The van der Waals surface area contributed by atoms with Crippen molar-refractivity contribution in [2.24, 2.45) is 5.92 Å². The molecule has 37 heavy (non-hydrogen) atoms. The molecule has 8 heteroatoms. The molecule has 1 saturated heterocycles. The number of benzene rings is 1. The van der Waals surface area contributed by atoms with Crippen LogP contribution in [0, 0.1) is 11.7 Å². The standard InChI is InChI=1S/C29H36FN5O2/c1-19(31-2)28(36)33-27(20-7-4-3-5-8-20)29(37)35-15-6-9-24(35)21-12-14-32-26(18-21)34-16-13-22-17-23(30)10-11-25(22)34/h10-14,16-20,24,27,31H,3-9,15H2,1-2H3,(H,33,36)/t19-,24-,27-/m0/s1. The van der Waals surface area contributed by atoms with Crippen molar-refractivity contribution in [1.29, 1.82) is 0 Å². The van der Waals surface area contributed by atoms with Gasteiger partial charge in [0.25, 0.3) is 0 Å². The summed E-state index contributed by atoms with van der Waals surface area (Å²) < 4.78 is 15.6. The largest absolute Gasteiger partial charge is 0.343 e. The number of amides is 2. The lowest BCUT2D eigenvalue weighted by molar-refractivity contribution is -0.139. The first-order valence-corrected chi connectivity index (χ1v) is 13.5. The summed E-state index contributed by atoms with van der Waals surface area (Å²) in [6.07, 6.45) is 10.7. The van der Waals surface area contributed by atoms with Crippen LogP contribution in [0.5, 0.6) is 0 Å². The Kier molecular flexibility index (Phi) is 7.55. The highest BCUT2D eigenvalue weighted by atomic mass is 19.1. The minimum absolute atomic E-state index is 0.0197. The van der Waals surface area contributed by atoms with E-state index < -0.39 is 6.04 Å². The van der Waals surface area contributed by atoms with Gasteiger partial charge in [-0.1, -0.05) is 19.3 Å². The molecule has 3 atom stereocenters. The van der Waals surface area contributed by atoms with Crippen molar-refractivity contribution in [3.05, 3.63) is 60.2 Å². The number of aromatic nitrogens is 2. The number of carbonyl (C=O) groups excluding carboxylic acids is 2. The number of halogens is 1. The van der Waals surface area contributed by atoms with Gasteiger partial charge in [-0.2, -0.15) is 0 Å². The number of nitrogens with one attached hydrogen (secondary N) is 2. The van der Waals surface area contributed by atoms with E-state index in [2.05, 4.69) is 15.6 Å². The van der Waals surface area contributed by atoms with Gasteiger partial charge in [-0.15, -0.1) is 0 Å². The molecule has 7 nitrogen and oxygen atoms in total. The second kappa shape index (κ2) is 11.0. The summed E-state index contributed by atoms with van der Waals surface area (Å²) in [7, 11) is 1.75. The summed E-state index contributed by atoms with van der Waals surface area (Å²) >= 11 is 0. The number of hydrogen-bond donors (Lipinski definition) is 2. The zero-order valence-electron chi connectivity index (χ0n) is 21.6. The Morgan fingerprint density at radius 2 is 1.86 bits per heavy atom. The van der Waals surface area contributed by atoms with Crippen molar-refractivity contribution in [3.63, 3.8) is 0 Å². The van der Waals surface area contributed by atoms with Crippen molar-refractivity contribution in [2.45, 2.75) is 70.0 Å². The molecule has 2 amide bonds. The highest BCUT2D eigenvalue weighted by Gasteiger charge is 2.39. The number of carbonyl (C=O) groups is 2. The molecule has 1 aromatic carbocycles. The van der Waals surface area contributed by atoms with Gasteiger partial charge in [-0.25, -0.2) is 9.37 Å². The van der Waals surface area contributed by atoms with Crippen molar-refractivity contribution in [2.75, 3.05) is 13.6 Å².